The van der Waals surface area contributed by atoms with Crippen molar-refractivity contribution in [3.05, 3.63) is 54.1 Å². The molecule has 2 aliphatic heterocycles. The fourth-order valence-corrected chi connectivity index (χ4v) is 5.10. The minimum absolute atomic E-state index is 0.0353. The predicted octanol–water partition coefficient (Wildman–Crippen LogP) is 1.81. The molecule has 0 radical (unpaired) electrons. The Morgan fingerprint density at radius 2 is 1.79 bits per heavy atom. The first-order valence-electron chi connectivity index (χ1n) is 10.6. The number of anilines is 2. The van der Waals surface area contributed by atoms with Crippen LogP contribution in [0.4, 0.5) is 11.4 Å². The number of amides is 2. The van der Waals surface area contributed by atoms with Crippen LogP contribution in [0.2, 0.25) is 0 Å². The standard InChI is InChI=1S/C23H24N4O6S/c1-14(21(29)27-17-10-6-5-9-16(17)25-22(30)23(27,2)3)33-19(28)12-13-24-20-15-8-4-7-11-18(15)34(31,32)26-20/h4-11,14H,12-13H2,1-3H3,(H,24,26)(H,25,30). The molecule has 4 rings (SSSR count). The van der Waals surface area contributed by atoms with Gasteiger partial charge in [-0.2, -0.15) is 0 Å². The second-order valence-electron chi connectivity index (χ2n) is 8.42. The maximum atomic E-state index is 13.2. The Morgan fingerprint density at radius 3 is 2.56 bits per heavy atom. The van der Waals surface area contributed by atoms with Gasteiger partial charge in [0.2, 0.25) is 5.91 Å². The van der Waals surface area contributed by atoms with E-state index < -0.39 is 33.5 Å². The van der Waals surface area contributed by atoms with Crippen molar-refractivity contribution in [1.29, 1.82) is 0 Å². The van der Waals surface area contributed by atoms with E-state index in [0.29, 0.717) is 16.9 Å². The van der Waals surface area contributed by atoms with Crippen LogP contribution in [0.5, 0.6) is 0 Å². The van der Waals surface area contributed by atoms with Crippen LogP contribution < -0.4 is 14.9 Å². The lowest BCUT2D eigenvalue weighted by Gasteiger charge is -2.42. The molecule has 0 aliphatic carbocycles. The van der Waals surface area contributed by atoms with Gasteiger partial charge in [-0.3, -0.25) is 29.0 Å². The third-order valence-corrected chi connectivity index (χ3v) is 7.03. The SMILES string of the molecule is CC(OC(=O)CCN=C1NS(=O)(=O)c2ccccc21)C(=O)N1c2ccccc2NC(=O)C1(C)C. The monoisotopic (exact) mass is 484 g/mol. The van der Waals surface area contributed by atoms with Crippen LogP contribution in [0.1, 0.15) is 32.8 Å². The number of para-hydroxylation sites is 2. The summed E-state index contributed by atoms with van der Waals surface area (Å²) in [5.74, 6) is -1.41. The summed E-state index contributed by atoms with van der Waals surface area (Å²) in [6.07, 6.45) is -1.31. The topological polar surface area (TPSA) is 134 Å². The first-order valence-corrected chi connectivity index (χ1v) is 12.1. The van der Waals surface area contributed by atoms with E-state index in [9.17, 15) is 22.8 Å². The van der Waals surface area contributed by atoms with E-state index in [0.717, 1.165) is 0 Å². The molecule has 10 nitrogen and oxygen atoms in total. The highest BCUT2D eigenvalue weighted by Gasteiger charge is 2.45. The average molecular weight is 485 g/mol. The molecule has 1 atom stereocenters. The third kappa shape index (κ3) is 4.14. The number of aliphatic imine (C=N–C) groups is 1. The second kappa shape index (κ2) is 8.56. The molecular weight excluding hydrogens is 460 g/mol. The van der Waals surface area contributed by atoms with Gasteiger partial charge >= 0.3 is 5.97 Å². The lowest BCUT2D eigenvalue weighted by atomic mass is 9.95. The van der Waals surface area contributed by atoms with Gasteiger partial charge in [0.15, 0.2) is 6.10 Å². The zero-order valence-electron chi connectivity index (χ0n) is 18.9. The summed E-state index contributed by atoms with van der Waals surface area (Å²) in [5, 5.41) is 2.78. The van der Waals surface area contributed by atoms with E-state index >= 15 is 0 Å². The summed E-state index contributed by atoms with van der Waals surface area (Å²) >= 11 is 0. The number of sulfonamides is 1. The van der Waals surface area contributed by atoms with Crippen LogP contribution in [0.15, 0.2) is 58.4 Å². The molecule has 2 aliphatic rings. The number of fused-ring (bicyclic) bond motifs is 2. The van der Waals surface area contributed by atoms with Crippen LogP contribution in [-0.4, -0.2) is 50.2 Å². The smallest absolute Gasteiger partial charge is 0.308 e. The Morgan fingerprint density at radius 1 is 1.12 bits per heavy atom. The highest BCUT2D eigenvalue weighted by molar-refractivity contribution is 7.90. The molecule has 2 N–H and O–H groups in total. The van der Waals surface area contributed by atoms with E-state index in [-0.39, 0.29) is 29.6 Å². The molecule has 178 valence electrons. The van der Waals surface area contributed by atoms with Gasteiger partial charge < -0.3 is 10.1 Å². The van der Waals surface area contributed by atoms with E-state index in [1.165, 1.54) is 17.9 Å². The summed E-state index contributed by atoms with van der Waals surface area (Å²) in [4.78, 5) is 43.8. The lowest BCUT2D eigenvalue weighted by Crippen LogP contribution is -2.60. The van der Waals surface area contributed by atoms with E-state index in [2.05, 4.69) is 15.0 Å². The number of carbonyl (C=O) groups is 3. The van der Waals surface area contributed by atoms with Gasteiger partial charge in [0.05, 0.1) is 29.2 Å². The Hall–Kier alpha value is -3.73. The van der Waals surface area contributed by atoms with Gasteiger partial charge in [-0.25, -0.2) is 8.42 Å². The maximum absolute atomic E-state index is 13.2. The largest absolute Gasteiger partial charge is 0.452 e. The van der Waals surface area contributed by atoms with E-state index in [1.54, 1.807) is 56.3 Å². The van der Waals surface area contributed by atoms with E-state index in [4.69, 9.17) is 4.74 Å². The number of rotatable bonds is 5. The molecule has 0 fully saturated rings. The van der Waals surface area contributed by atoms with Crippen molar-refractivity contribution >= 4 is 45.0 Å². The zero-order chi connectivity index (χ0) is 24.7. The molecule has 0 aromatic heterocycles. The Kier molecular flexibility index (Phi) is 5.90. The highest BCUT2D eigenvalue weighted by Crippen LogP contribution is 2.37. The summed E-state index contributed by atoms with van der Waals surface area (Å²) in [6.45, 7) is 4.63. The van der Waals surface area contributed by atoms with Crippen LogP contribution in [-0.2, 0) is 29.1 Å². The molecular formula is C23H24N4O6S. The maximum Gasteiger partial charge on any atom is 0.308 e. The minimum atomic E-state index is -3.67. The molecule has 0 saturated heterocycles. The third-order valence-electron chi connectivity index (χ3n) is 5.63. The van der Waals surface area contributed by atoms with E-state index in [1.807, 2.05) is 0 Å². The number of carbonyl (C=O) groups excluding carboxylic acids is 3. The predicted molar refractivity (Wildman–Crippen MR) is 125 cm³/mol. The zero-order valence-corrected chi connectivity index (χ0v) is 19.7. The van der Waals surface area contributed by atoms with Crippen molar-refractivity contribution in [1.82, 2.24) is 4.72 Å². The molecule has 2 heterocycles. The summed E-state index contributed by atoms with van der Waals surface area (Å²) in [6, 6.07) is 13.3. The molecule has 0 bridgehead atoms. The average Bonchev–Trinajstić information content (AvgIpc) is 3.04. The Labute approximate surface area is 197 Å². The molecule has 1 unspecified atom stereocenters. The molecule has 2 amide bonds. The summed E-state index contributed by atoms with van der Waals surface area (Å²) in [7, 11) is -3.67. The number of benzene rings is 2. The second-order valence-corrected chi connectivity index (χ2v) is 10.1. The Balaban J connectivity index is 1.42. The molecule has 2 aromatic carbocycles. The molecule has 0 spiro atoms. The van der Waals surface area contributed by atoms with Gasteiger partial charge in [0, 0.05) is 5.56 Å². The molecule has 0 saturated carbocycles. The van der Waals surface area contributed by atoms with Gasteiger partial charge in [-0.15, -0.1) is 0 Å². The number of ether oxygens (including phenoxy) is 1. The van der Waals surface area contributed by atoms with Gasteiger partial charge in [0.25, 0.3) is 15.9 Å². The molecule has 2 aromatic rings. The van der Waals surface area contributed by atoms with Crippen molar-refractivity contribution in [3.8, 4) is 0 Å². The van der Waals surface area contributed by atoms with Crippen molar-refractivity contribution in [2.24, 2.45) is 4.99 Å². The number of hydrogen-bond acceptors (Lipinski definition) is 7. The highest BCUT2D eigenvalue weighted by atomic mass is 32.2. The molecule has 34 heavy (non-hydrogen) atoms. The van der Waals surface area contributed by atoms with Crippen molar-refractivity contribution < 1.29 is 27.5 Å². The van der Waals surface area contributed by atoms with Crippen molar-refractivity contribution in [2.45, 2.75) is 43.7 Å². The fraction of sp³-hybridized carbons (Fsp3) is 0.304. The quantitative estimate of drug-likeness (QED) is 0.622. The number of esters is 1. The van der Waals surface area contributed by atoms with Crippen molar-refractivity contribution in [2.75, 3.05) is 16.8 Å². The van der Waals surface area contributed by atoms with Crippen LogP contribution >= 0.6 is 0 Å². The minimum Gasteiger partial charge on any atom is -0.452 e. The first kappa shape index (κ1) is 23.4. The van der Waals surface area contributed by atoms with Crippen LogP contribution in [0.3, 0.4) is 0 Å². The normalized spacial score (nSPS) is 19.4. The van der Waals surface area contributed by atoms with Gasteiger partial charge in [-0.05, 0) is 45.0 Å². The lowest BCUT2D eigenvalue weighted by molar-refractivity contribution is -0.154. The fourth-order valence-electron chi connectivity index (χ4n) is 3.85. The summed E-state index contributed by atoms with van der Waals surface area (Å²) in [5.41, 5.74) is 0.251. The Bertz CT molecular complexity index is 1320. The number of hydrogen-bond donors (Lipinski definition) is 2. The number of nitrogens with zero attached hydrogens (tertiary/aromatic N) is 2. The first-order chi connectivity index (χ1) is 16.0. The van der Waals surface area contributed by atoms with Crippen LogP contribution in [0, 0.1) is 0 Å². The summed E-state index contributed by atoms with van der Waals surface area (Å²) < 4.78 is 32.0. The number of amidine groups is 1. The number of nitrogens with one attached hydrogen (secondary N) is 2. The van der Waals surface area contributed by atoms with Gasteiger partial charge in [0.1, 0.15) is 11.4 Å². The van der Waals surface area contributed by atoms with Gasteiger partial charge in [-0.1, -0.05) is 24.3 Å². The van der Waals surface area contributed by atoms with Crippen LogP contribution in [0.25, 0.3) is 0 Å². The van der Waals surface area contributed by atoms with Crippen molar-refractivity contribution in [3.63, 3.8) is 0 Å². The molecule has 11 heteroatoms.